The minimum absolute atomic E-state index is 0.470. The minimum Gasteiger partial charge on any atom is -0.361 e. The van der Waals surface area contributed by atoms with Crippen molar-refractivity contribution in [2.75, 3.05) is 0 Å². The average molecular weight is 188 g/mol. The highest BCUT2D eigenvalue weighted by molar-refractivity contribution is 5.87. The Bertz CT molecular complexity index is 500. The summed E-state index contributed by atoms with van der Waals surface area (Å²) in [7, 11) is 0. The Hall–Kier alpha value is -2.10. The molecular formula is C10H8N2O2. The van der Waals surface area contributed by atoms with Gasteiger partial charge in [0.1, 0.15) is 0 Å². The van der Waals surface area contributed by atoms with Gasteiger partial charge in [-0.3, -0.25) is 10.1 Å². The number of nitro groups is 1. The van der Waals surface area contributed by atoms with E-state index in [4.69, 9.17) is 0 Å². The molecule has 70 valence electrons. The molecule has 0 amide bonds. The number of H-pyrrole nitrogens is 1. The largest absolute Gasteiger partial charge is 0.361 e. The van der Waals surface area contributed by atoms with Crippen molar-refractivity contribution in [3.63, 3.8) is 0 Å². The number of hydrogen-bond donors (Lipinski definition) is 1. The van der Waals surface area contributed by atoms with Crippen LogP contribution in [0, 0.1) is 10.1 Å². The first-order valence-corrected chi connectivity index (χ1v) is 4.15. The van der Waals surface area contributed by atoms with Crippen LogP contribution >= 0.6 is 0 Å². The number of rotatable bonds is 2. The van der Waals surface area contributed by atoms with Crippen LogP contribution in [0.1, 0.15) is 5.56 Å². The third-order valence-electron chi connectivity index (χ3n) is 2.00. The Labute approximate surface area is 80.0 Å². The zero-order valence-electron chi connectivity index (χ0n) is 7.31. The van der Waals surface area contributed by atoms with E-state index in [1.807, 2.05) is 30.5 Å². The zero-order chi connectivity index (χ0) is 9.97. The van der Waals surface area contributed by atoms with Crippen LogP contribution in [0.4, 0.5) is 0 Å². The summed E-state index contributed by atoms with van der Waals surface area (Å²) in [5, 5.41) is 11.2. The second kappa shape index (κ2) is 3.33. The summed E-state index contributed by atoms with van der Waals surface area (Å²) in [6, 6.07) is 7.59. The van der Waals surface area contributed by atoms with Crippen molar-refractivity contribution in [3.05, 3.63) is 52.3 Å². The van der Waals surface area contributed by atoms with Crippen molar-refractivity contribution in [1.29, 1.82) is 0 Å². The molecule has 2 rings (SSSR count). The van der Waals surface area contributed by atoms with Crippen molar-refractivity contribution in [2.45, 2.75) is 0 Å². The topological polar surface area (TPSA) is 58.9 Å². The maximum Gasteiger partial charge on any atom is 0.235 e. The third-order valence-corrected chi connectivity index (χ3v) is 2.00. The van der Waals surface area contributed by atoms with E-state index in [1.165, 1.54) is 6.08 Å². The normalized spacial score (nSPS) is 11.1. The molecule has 1 aromatic carbocycles. The van der Waals surface area contributed by atoms with Crippen molar-refractivity contribution < 1.29 is 4.92 Å². The summed E-state index contributed by atoms with van der Waals surface area (Å²) >= 11 is 0. The SMILES string of the molecule is O=[N+]([O-])/C=C/c1cccc2cc[nH]c12. The van der Waals surface area contributed by atoms with Crippen molar-refractivity contribution >= 4 is 17.0 Å². The molecule has 2 aromatic rings. The van der Waals surface area contributed by atoms with E-state index in [1.54, 1.807) is 0 Å². The van der Waals surface area contributed by atoms with Crippen LogP contribution in [0.3, 0.4) is 0 Å². The fourth-order valence-electron chi connectivity index (χ4n) is 1.39. The van der Waals surface area contributed by atoms with Gasteiger partial charge in [-0.2, -0.15) is 0 Å². The molecule has 1 aromatic heterocycles. The molecule has 4 nitrogen and oxygen atoms in total. The molecule has 0 saturated carbocycles. The molecule has 14 heavy (non-hydrogen) atoms. The molecule has 1 N–H and O–H groups in total. The summed E-state index contributed by atoms with van der Waals surface area (Å²) in [4.78, 5) is 12.7. The number of aromatic amines is 1. The van der Waals surface area contributed by atoms with Crippen LogP contribution in [-0.2, 0) is 0 Å². The summed E-state index contributed by atoms with van der Waals surface area (Å²) in [5.41, 5.74) is 1.75. The summed E-state index contributed by atoms with van der Waals surface area (Å²) in [6.45, 7) is 0. The van der Waals surface area contributed by atoms with E-state index in [-0.39, 0.29) is 0 Å². The molecule has 0 bridgehead atoms. The third kappa shape index (κ3) is 1.50. The van der Waals surface area contributed by atoms with Crippen molar-refractivity contribution in [2.24, 2.45) is 0 Å². The quantitative estimate of drug-likeness (QED) is 0.581. The summed E-state index contributed by atoms with van der Waals surface area (Å²) in [6.07, 6.45) is 4.24. The molecule has 0 saturated heterocycles. The lowest BCUT2D eigenvalue weighted by atomic mass is 10.1. The molecule has 0 radical (unpaired) electrons. The van der Waals surface area contributed by atoms with E-state index in [0.29, 0.717) is 0 Å². The first-order valence-electron chi connectivity index (χ1n) is 4.15. The Balaban J connectivity index is 2.51. The molecule has 0 aliphatic rings. The number of nitrogens with one attached hydrogen (secondary N) is 1. The number of nitrogens with zero attached hydrogens (tertiary/aromatic N) is 1. The first kappa shape index (κ1) is 8.50. The lowest BCUT2D eigenvalue weighted by Gasteiger charge is -1.94. The fraction of sp³-hybridized carbons (Fsp3) is 0. The lowest BCUT2D eigenvalue weighted by molar-refractivity contribution is -0.400. The van der Waals surface area contributed by atoms with Gasteiger partial charge in [0.25, 0.3) is 0 Å². The molecule has 4 heteroatoms. The zero-order valence-corrected chi connectivity index (χ0v) is 7.31. The Morgan fingerprint density at radius 1 is 1.36 bits per heavy atom. The Morgan fingerprint density at radius 2 is 2.21 bits per heavy atom. The average Bonchev–Trinajstić information content (AvgIpc) is 2.62. The highest BCUT2D eigenvalue weighted by Gasteiger charge is 1.98. The molecule has 0 aliphatic heterocycles. The number of benzene rings is 1. The monoisotopic (exact) mass is 188 g/mol. The summed E-state index contributed by atoms with van der Waals surface area (Å²) < 4.78 is 0. The second-order valence-electron chi connectivity index (χ2n) is 2.89. The highest BCUT2D eigenvalue weighted by atomic mass is 16.6. The van der Waals surface area contributed by atoms with E-state index >= 15 is 0 Å². The Kier molecular flexibility index (Phi) is 2.02. The van der Waals surface area contributed by atoms with Crippen LogP contribution in [0.5, 0.6) is 0 Å². The lowest BCUT2D eigenvalue weighted by Crippen LogP contribution is -1.83. The molecule has 0 aliphatic carbocycles. The Morgan fingerprint density at radius 3 is 3.00 bits per heavy atom. The second-order valence-corrected chi connectivity index (χ2v) is 2.89. The number of para-hydroxylation sites is 1. The van der Waals surface area contributed by atoms with Gasteiger partial charge >= 0.3 is 0 Å². The van der Waals surface area contributed by atoms with Crippen LogP contribution in [0.2, 0.25) is 0 Å². The van der Waals surface area contributed by atoms with Gasteiger partial charge in [-0.25, -0.2) is 0 Å². The maximum atomic E-state index is 10.2. The number of aromatic nitrogens is 1. The predicted molar refractivity (Wildman–Crippen MR) is 54.3 cm³/mol. The molecule has 0 atom stereocenters. The predicted octanol–water partition coefficient (Wildman–Crippen LogP) is 2.42. The van der Waals surface area contributed by atoms with Gasteiger partial charge in [0.15, 0.2) is 0 Å². The fourth-order valence-corrected chi connectivity index (χ4v) is 1.39. The van der Waals surface area contributed by atoms with Gasteiger partial charge in [-0.05, 0) is 11.5 Å². The van der Waals surface area contributed by atoms with Gasteiger partial charge in [0, 0.05) is 17.8 Å². The molecule has 1 heterocycles. The van der Waals surface area contributed by atoms with Crippen LogP contribution < -0.4 is 0 Å². The highest BCUT2D eigenvalue weighted by Crippen LogP contribution is 2.17. The van der Waals surface area contributed by atoms with E-state index in [9.17, 15) is 10.1 Å². The first-order chi connectivity index (χ1) is 6.77. The van der Waals surface area contributed by atoms with Crippen molar-refractivity contribution in [3.8, 4) is 0 Å². The smallest absolute Gasteiger partial charge is 0.235 e. The van der Waals surface area contributed by atoms with Gasteiger partial charge < -0.3 is 4.98 Å². The van der Waals surface area contributed by atoms with Gasteiger partial charge in [0.2, 0.25) is 6.20 Å². The van der Waals surface area contributed by atoms with Crippen LogP contribution in [0.15, 0.2) is 36.7 Å². The van der Waals surface area contributed by atoms with E-state index < -0.39 is 4.92 Å². The standard InChI is InChI=1S/C10H8N2O2/c13-12(14)7-5-9-3-1-2-8-4-6-11-10(8)9/h1-7,11H/b7-5+. The van der Waals surface area contributed by atoms with Gasteiger partial charge in [-0.15, -0.1) is 0 Å². The summed E-state index contributed by atoms with van der Waals surface area (Å²) in [5.74, 6) is 0. The van der Waals surface area contributed by atoms with Crippen LogP contribution in [-0.4, -0.2) is 9.91 Å². The number of hydrogen-bond acceptors (Lipinski definition) is 2. The van der Waals surface area contributed by atoms with Gasteiger partial charge in [0.05, 0.1) is 10.4 Å². The van der Waals surface area contributed by atoms with Crippen LogP contribution in [0.25, 0.3) is 17.0 Å². The maximum absolute atomic E-state index is 10.2. The molecule has 0 unspecified atom stereocenters. The molecule has 0 fully saturated rings. The van der Waals surface area contributed by atoms with E-state index in [2.05, 4.69) is 4.98 Å². The van der Waals surface area contributed by atoms with E-state index in [0.717, 1.165) is 22.7 Å². The van der Waals surface area contributed by atoms with Crippen molar-refractivity contribution in [1.82, 2.24) is 4.98 Å². The minimum atomic E-state index is -0.470. The molecular weight excluding hydrogens is 180 g/mol. The van der Waals surface area contributed by atoms with Gasteiger partial charge in [-0.1, -0.05) is 18.2 Å². The molecule has 0 spiro atoms. The number of fused-ring (bicyclic) bond motifs is 1.